The van der Waals surface area contributed by atoms with E-state index >= 15 is 0 Å². The molecule has 2 heterocycles. The van der Waals surface area contributed by atoms with Crippen LogP contribution in [0, 0.1) is 0 Å². The summed E-state index contributed by atoms with van der Waals surface area (Å²) in [5, 5.41) is 17.9. The zero-order chi connectivity index (χ0) is 24.9. The maximum absolute atomic E-state index is 9.55. The average molecular weight is 487 g/mol. The lowest BCUT2D eigenvalue weighted by molar-refractivity contribution is -0.134. The van der Waals surface area contributed by atoms with E-state index in [1.165, 1.54) is 30.2 Å². The van der Waals surface area contributed by atoms with Crippen molar-refractivity contribution in [1.82, 2.24) is 14.9 Å². The summed E-state index contributed by atoms with van der Waals surface area (Å²) in [5.41, 5.74) is 2.28. The van der Waals surface area contributed by atoms with E-state index in [0.29, 0.717) is 12.2 Å². The number of hydrogen-bond acceptors (Lipinski definition) is 7. The third-order valence-corrected chi connectivity index (χ3v) is 6.14. The number of aromatic nitrogens is 2. The van der Waals surface area contributed by atoms with Crippen LogP contribution in [0.2, 0.25) is 0 Å². The van der Waals surface area contributed by atoms with Crippen molar-refractivity contribution in [2.75, 3.05) is 43.4 Å². The molecule has 1 fully saturated rings. The van der Waals surface area contributed by atoms with E-state index in [-0.39, 0.29) is 0 Å². The molecule has 2 aromatic rings. The Bertz CT molecular complexity index is 988. The van der Waals surface area contributed by atoms with Crippen molar-refractivity contribution in [2.45, 2.75) is 38.1 Å². The van der Waals surface area contributed by atoms with Crippen molar-refractivity contribution < 1.29 is 19.8 Å². The highest BCUT2D eigenvalue weighted by atomic mass is 32.2. The second-order valence-corrected chi connectivity index (χ2v) is 9.22. The summed E-state index contributed by atoms with van der Waals surface area (Å²) >= 11 is 1.88. The number of rotatable bonds is 10. The van der Waals surface area contributed by atoms with Crippen molar-refractivity contribution in [3.05, 3.63) is 48.6 Å². The van der Waals surface area contributed by atoms with Crippen LogP contribution in [-0.2, 0) is 9.59 Å². The van der Waals surface area contributed by atoms with Gasteiger partial charge in [0.15, 0.2) is 0 Å². The maximum Gasteiger partial charge on any atom is 0.328 e. The molecule has 1 aliphatic rings. The highest BCUT2D eigenvalue weighted by Crippen LogP contribution is 2.28. The van der Waals surface area contributed by atoms with Crippen LogP contribution in [0.1, 0.15) is 33.1 Å². The fourth-order valence-corrected chi connectivity index (χ4v) is 4.45. The van der Waals surface area contributed by atoms with E-state index in [0.717, 1.165) is 55.0 Å². The van der Waals surface area contributed by atoms with Gasteiger partial charge in [0.2, 0.25) is 5.95 Å². The molecule has 0 atom stereocenters. The first kappa shape index (κ1) is 27.3. The largest absolute Gasteiger partial charge is 0.478 e. The van der Waals surface area contributed by atoms with E-state index in [1.54, 1.807) is 0 Å². The van der Waals surface area contributed by atoms with Gasteiger partial charge < -0.3 is 15.1 Å². The van der Waals surface area contributed by atoms with E-state index in [4.69, 9.17) is 20.2 Å². The highest BCUT2D eigenvalue weighted by molar-refractivity contribution is 7.99. The minimum Gasteiger partial charge on any atom is -0.478 e. The standard InChI is InChI=1S/C21H30N4S.C4H4O4/c1-4-5-8-15-26-20-18-9-6-7-10-19(18)22-21(23-20)25-13-11-24(12-14-25)16-17(2)3;5-3(6)1-2-4(7)8/h6-7,9-10H,2,4-5,8,11-16H2,1,3H3;1-2H,(H,5,6)(H,7,8)/b;2-1+. The summed E-state index contributed by atoms with van der Waals surface area (Å²) in [6, 6.07) is 8.40. The zero-order valence-electron chi connectivity index (χ0n) is 19.9. The number of unbranched alkanes of at least 4 members (excludes halogenated alkanes) is 2. The molecule has 0 spiro atoms. The molecule has 1 aliphatic heterocycles. The van der Waals surface area contributed by atoms with Crippen molar-refractivity contribution in [2.24, 2.45) is 0 Å². The Morgan fingerprint density at radius 3 is 2.29 bits per heavy atom. The Kier molecular flexibility index (Phi) is 11.6. The molecule has 0 bridgehead atoms. The number of piperazine rings is 1. The Morgan fingerprint density at radius 1 is 1.06 bits per heavy atom. The van der Waals surface area contributed by atoms with Crippen LogP contribution in [-0.4, -0.2) is 75.5 Å². The van der Waals surface area contributed by atoms with Gasteiger partial charge in [0, 0.05) is 50.3 Å². The van der Waals surface area contributed by atoms with Crippen LogP contribution in [0.5, 0.6) is 0 Å². The van der Waals surface area contributed by atoms with Gasteiger partial charge in [-0.2, -0.15) is 0 Å². The van der Waals surface area contributed by atoms with Crippen LogP contribution < -0.4 is 4.90 Å². The van der Waals surface area contributed by atoms with Crippen LogP contribution in [0.15, 0.2) is 53.6 Å². The normalized spacial score (nSPS) is 14.1. The Morgan fingerprint density at radius 2 is 1.71 bits per heavy atom. The van der Waals surface area contributed by atoms with Gasteiger partial charge in [-0.05, 0) is 25.2 Å². The summed E-state index contributed by atoms with van der Waals surface area (Å²) in [6.45, 7) is 13.4. The predicted molar refractivity (Wildman–Crippen MR) is 138 cm³/mol. The predicted octanol–water partition coefficient (Wildman–Crippen LogP) is 4.32. The molecule has 1 aromatic carbocycles. The molecule has 184 valence electrons. The number of carbonyl (C=O) groups is 2. The fourth-order valence-electron chi connectivity index (χ4n) is 3.44. The molecule has 3 rings (SSSR count). The zero-order valence-corrected chi connectivity index (χ0v) is 20.8. The van der Waals surface area contributed by atoms with Gasteiger partial charge in [0.1, 0.15) is 5.03 Å². The van der Waals surface area contributed by atoms with E-state index < -0.39 is 11.9 Å². The van der Waals surface area contributed by atoms with Gasteiger partial charge >= 0.3 is 11.9 Å². The van der Waals surface area contributed by atoms with Crippen molar-refractivity contribution in [1.29, 1.82) is 0 Å². The lowest BCUT2D eigenvalue weighted by atomic mass is 10.2. The highest BCUT2D eigenvalue weighted by Gasteiger charge is 2.20. The smallest absolute Gasteiger partial charge is 0.328 e. The number of hydrogen-bond donors (Lipinski definition) is 2. The summed E-state index contributed by atoms with van der Waals surface area (Å²) in [5.74, 6) is -0.503. The van der Waals surface area contributed by atoms with Crippen LogP contribution in [0.25, 0.3) is 10.9 Å². The summed E-state index contributed by atoms with van der Waals surface area (Å²) < 4.78 is 0. The molecule has 0 radical (unpaired) electrons. The van der Waals surface area contributed by atoms with Crippen LogP contribution in [0.3, 0.4) is 0 Å². The summed E-state index contributed by atoms with van der Waals surface area (Å²) in [6.07, 6.45) is 4.90. The van der Waals surface area contributed by atoms with Crippen LogP contribution >= 0.6 is 11.8 Å². The lowest BCUT2D eigenvalue weighted by Gasteiger charge is -2.35. The quantitative estimate of drug-likeness (QED) is 0.167. The molecular formula is C25H34N4O4S. The SMILES string of the molecule is C=C(C)CN1CCN(c2nc(SCCCCC)c3ccccc3n2)CC1.O=C(O)/C=C/C(=O)O. The molecule has 1 saturated heterocycles. The number of para-hydroxylation sites is 1. The third-order valence-electron chi connectivity index (χ3n) is 5.06. The van der Waals surface area contributed by atoms with Gasteiger partial charge in [0.25, 0.3) is 0 Å². The number of carboxylic acids is 2. The second-order valence-electron chi connectivity index (χ2n) is 8.13. The number of aliphatic carboxylic acids is 2. The lowest BCUT2D eigenvalue weighted by Crippen LogP contribution is -2.47. The molecule has 8 nitrogen and oxygen atoms in total. The number of fused-ring (bicyclic) bond motifs is 1. The number of anilines is 1. The molecule has 34 heavy (non-hydrogen) atoms. The topological polar surface area (TPSA) is 107 Å². The van der Waals surface area contributed by atoms with Crippen molar-refractivity contribution in [3.63, 3.8) is 0 Å². The summed E-state index contributed by atoms with van der Waals surface area (Å²) in [7, 11) is 0. The Balaban J connectivity index is 0.000000440. The van der Waals surface area contributed by atoms with Crippen LogP contribution in [0.4, 0.5) is 5.95 Å². The van der Waals surface area contributed by atoms with Gasteiger partial charge in [-0.3, -0.25) is 4.90 Å². The minimum atomic E-state index is -1.26. The van der Waals surface area contributed by atoms with E-state index in [1.807, 2.05) is 11.8 Å². The molecule has 9 heteroatoms. The Hall–Kier alpha value is -2.91. The number of carboxylic acid groups (broad SMARTS) is 2. The monoisotopic (exact) mass is 486 g/mol. The average Bonchev–Trinajstić information content (AvgIpc) is 2.81. The van der Waals surface area contributed by atoms with E-state index in [2.05, 4.69) is 54.5 Å². The number of thioether (sulfide) groups is 1. The van der Waals surface area contributed by atoms with Gasteiger partial charge in [0.05, 0.1) is 5.52 Å². The van der Waals surface area contributed by atoms with Gasteiger partial charge in [-0.1, -0.05) is 50.1 Å². The first-order chi connectivity index (χ1) is 16.3. The first-order valence-corrected chi connectivity index (χ1v) is 12.4. The molecule has 0 amide bonds. The molecule has 0 saturated carbocycles. The number of nitrogens with zero attached hydrogens (tertiary/aromatic N) is 4. The first-order valence-electron chi connectivity index (χ1n) is 11.4. The maximum atomic E-state index is 9.55. The summed E-state index contributed by atoms with van der Waals surface area (Å²) in [4.78, 5) is 33.7. The molecule has 0 aliphatic carbocycles. The third kappa shape index (κ3) is 9.52. The minimum absolute atomic E-state index is 0.558. The fraction of sp³-hybridized carbons (Fsp3) is 0.440. The van der Waals surface area contributed by atoms with E-state index in [9.17, 15) is 9.59 Å². The van der Waals surface area contributed by atoms with Crippen molar-refractivity contribution in [3.8, 4) is 0 Å². The van der Waals surface area contributed by atoms with Gasteiger partial charge in [-0.15, -0.1) is 11.8 Å². The molecular weight excluding hydrogens is 452 g/mol. The second kappa shape index (κ2) is 14.4. The van der Waals surface area contributed by atoms with Gasteiger partial charge in [-0.25, -0.2) is 19.6 Å². The number of benzene rings is 1. The molecule has 0 unspecified atom stereocenters. The molecule has 2 N–H and O–H groups in total. The Labute approximate surface area is 205 Å². The van der Waals surface area contributed by atoms with Crippen molar-refractivity contribution >= 4 is 40.6 Å². The molecule has 1 aromatic heterocycles.